The van der Waals surface area contributed by atoms with Gasteiger partial charge in [0.15, 0.2) is 10.7 Å². The average molecular weight is 950 g/mol. The summed E-state index contributed by atoms with van der Waals surface area (Å²) in [5.74, 6) is 0.202. The van der Waals surface area contributed by atoms with Crippen LogP contribution in [-0.4, -0.2) is 151 Å². The van der Waals surface area contributed by atoms with Crippen molar-refractivity contribution in [3.8, 4) is 28.7 Å². The van der Waals surface area contributed by atoms with Gasteiger partial charge in [-0.1, -0.05) is 18.2 Å². The number of amides is 1. The SMILES string of the molecule is O=C(CCOCCOCCOCCOCCOCCOCCOCCOCCNC(=S)Nc1ccc2c(c1)C(=O)OC21c2ccc(O)cc2Oc2cc(O)ccc21)NCCc1ccc(O)cc1. The Morgan fingerprint density at radius 2 is 1.00 bits per heavy atom. The second-order valence-electron chi connectivity index (χ2n) is 15.1. The first-order valence-corrected chi connectivity index (χ1v) is 22.6. The van der Waals surface area contributed by atoms with Gasteiger partial charge in [0.25, 0.3) is 0 Å². The van der Waals surface area contributed by atoms with E-state index in [1.165, 1.54) is 24.3 Å². The van der Waals surface area contributed by atoms with Crippen molar-refractivity contribution in [3.63, 3.8) is 0 Å². The number of aromatic hydroxyl groups is 3. The van der Waals surface area contributed by atoms with Gasteiger partial charge in [0, 0.05) is 54.0 Å². The van der Waals surface area contributed by atoms with Crippen LogP contribution in [0.15, 0.2) is 78.9 Å². The van der Waals surface area contributed by atoms with E-state index in [0.29, 0.717) is 170 Å². The molecule has 6 rings (SSSR count). The van der Waals surface area contributed by atoms with Crippen molar-refractivity contribution in [1.29, 1.82) is 0 Å². The van der Waals surface area contributed by atoms with Gasteiger partial charge in [-0.05, 0) is 72.7 Å². The topological polar surface area (TPSA) is 223 Å². The van der Waals surface area contributed by atoms with Crippen molar-refractivity contribution in [1.82, 2.24) is 10.6 Å². The fourth-order valence-electron chi connectivity index (χ4n) is 7.10. The highest BCUT2D eigenvalue weighted by atomic mass is 32.1. The second kappa shape index (κ2) is 27.3. The van der Waals surface area contributed by atoms with Crippen LogP contribution in [0.3, 0.4) is 0 Å². The van der Waals surface area contributed by atoms with E-state index < -0.39 is 11.6 Å². The third-order valence-corrected chi connectivity index (χ3v) is 10.6. The molecule has 0 radical (unpaired) electrons. The number of hydrogen-bond acceptors (Lipinski definition) is 16. The number of rotatable bonds is 31. The Kier molecular flexibility index (Phi) is 20.7. The molecule has 4 aromatic carbocycles. The summed E-state index contributed by atoms with van der Waals surface area (Å²) in [6.45, 7) is 7.77. The maximum atomic E-state index is 13.4. The van der Waals surface area contributed by atoms with Gasteiger partial charge in [-0.2, -0.15) is 0 Å². The van der Waals surface area contributed by atoms with E-state index in [-0.39, 0.29) is 29.6 Å². The monoisotopic (exact) mass is 949 g/mol. The highest BCUT2D eigenvalue weighted by molar-refractivity contribution is 7.80. The van der Waals surface area contributed by atoms with Crippen molar-refractivity contribution in [2.75, 3.05) is 124 Å². The maximum Gasteiger partial charge on any atom is 0.340 e. The third-order valence-electron chi connectivity index (χ3n) is 10.3. The lowest BCUT2D eigenvalue weighted by Crippen LogP contribution is -2.33. The number of benzene rings is 4. The first-order valence-electron chi connectivity index (χ1n) is 22.2. The largest absolute Gasteiger partial charge is 0.508 e. The van der Waals surface area contributed by atoms with Crippen LogP contribution in [0.1, 0.15) is 39.0 Å². The minimum Gasteiger partial charge on any atom is -0.508 e. The molecule has 6 N–H and O–H groups in total. The van der Waals surface area contributed by atoms with Gasteiger partial charge in [-0.3, -0.25) is 4.79 Å². The van der Waals surface area contributed by atoms with Crippen LogP contribution in [0.4, 0.5) is 5.69 Å². The summed E-state index contributed by atoms with van der Waals surface area (Å²) in [6.07, 6.45) is 0.981. The van der Waals surface area contributed by atoms with E-state index in [1.807, 2.05) is 12.1 Å². The van der Waals surface area contributed by atoms with E-state index >= 15 is 0 Å². The molecule has 4 aromatic rings. The lowest BCUT2D eigenvalue weighted by molar-refractivity contribution is -0.122. The van der Waals surface area contributed by atoms with Crippen LogP contribution in [-0.2, 0) is 59.4 Å². The Hall–Kier alpha value is -5.61. The molecule has 0 saturated heterocycles. The van der Waals surface area contributed by atoms with E-state index in [1.54, 1.807) is 42.5 Å². The van der Waals surface area contributed by atoms with Crippen molar-refractivity contribution in [3.05, 3.63) is 107 Å². The van der Waals surface area contributed by atoms with Gasteiger partial charge in [0.1, 0.15) is 28.7 Å². The highest BCUT2D eigenvalue weighted by Gasteiger charge is 2.53. The maximum absolute atomic E-state index is 13.4. The molecule has 0 aromatic heterocycles. The van der Waals surface area contributed by atoms with Crippen LogP contribution >= 0.6 is 12.2 Å². The first kappa shape index (κ1) is 50.8. The molecule has 19 heteroatoms. The number of nitrogens with one attached hydrogen (secondary N) is 3. The Morgan fingerprint density at radius 1 is 0.537 bits per heavy atom. The van der Waals surface area contributed by atoms with Crippen molar-refractivity contribution >= 4 is 34.9 Å². The van der Waals surface area contributed by atoms with Crippen molar-refractivity contribution in [2.24, 2.45) is 0 Å². The number of phenolic OH excluding ortho intramolecular Hbond substituents is 3. The standard InChI is InChI=1S/C48H59N3O15S/c52-36-4-1-34(2-5-36)11-13-49-45(55)12-15-57-17-19-59-21-23-61-25-27-63-29-30-64-28-26-62-24-22-60-20-18-58-16-14-50-47(67)51-35-3-8-40-39(31-35)46(56)66-48(40)41-9-6-37(53)32-43(41)65-44-33-38(54)7-10-42(44)48/h1-10,31-33,52-54H,11-30H2,(H,49,55)(H2,50,51,67). The molecule has 0 bridgehead atoms. The average Bonchev–Trinajstić information content (AvgIpc) is 3.59. The molecule has 2 aliphatic heterocycles. The molecular formula is C48H59N3O15S. The summed E-state index contributed by atoms with van der Waals surface area (Å²) in [5.41, 5.74) is 2.31. The molecule has 2 aliphatic rings. The van der Waals surface area contributed by atoms with E-state index in [2.05, 4.69) is 16.0 Å². The lowest BCUT2D eigenvalue weighted by atomic mass is 9.77. The zero-order valence-corrected chi connectivity index (χ0v) is 38.1. The number of anilines is 1. The van der Waals surface area contributed by atoms with Gasteiger partial charge in [0.2, 0.25) is 5.91 Å². The molecule has 0 saturated carbocycles. The van der Waals surface area contributed by atoms with E-state index in [0.717, 1.165) is 5.56 Å². The number of phenols is 3. The Balaban J connectivity index is 0.686. The summed E-state index contributed by atoms with van der Waals surface area (Å²) in [6, 6.07) is 21.4. The van der Waals surface area contributed by atoms with Gasteiger partial charge in [0.05, 0.1) is 111 Å². The van der Waals surface area contributed by atoms with Gasteiger partial charge in [-0.15, -0.1) is 0 Å². The molecule has 18 nitrogen and oxygen atoms in total. The summed E-state index contributed by atoms with van der Waals surface area (Å²) in [4.78, 5) is 25.3. The zero-order valence-electron chi connectivity index (χ0n) is 37.3. The Morgan fingerprint density at radius 3 is 1.52 bits per heavy atom. The smallest absolute Gasteiger partial charge is 0.340 e. The first-order chi connectivity index (χ1) is 32.7. The highest BCUT2D eigenvalue weighted by Crippen LogP contribution is 2.57. The number of ether oxygens (including phenoxy) is 10. The lowest BCUT2D eigenvalue weighted by Gasteiger charge is -2.36. The molecule has 0 atom stereocenters. The molecule has 1 amide bonds. The van der Waals surface area contributed by atoms with Gasteiger partial charge >= 0.3 is 5.97 Å². The predicted molar refractivity (Wildman–Crippen MR) is 248 cm³/mol. The number of carbonyl (C=O) groups is 2. The molecule has 67 heavy (non-hydrogen) atoms. The third kappa shape index (κ3) is 15.7. The molecule has 1 spiro atoms. The fraction of sp³-hybridized carbons (Fsp3) is 0.438. The molecule has 0 unspecified atom stereocenters. The van der Waals surface area contributed by atoms with Crippen LogP contribution < -0.4 is 20.7 Å². The quantitative estimate of drug-likeness (QED) is 0.0232. The van der Waals surface area contributed by atoms with Crippen LogP contribution in [0.25, 0.3) is 0 Å². The van der Waals surface area contributed by atoms with E-state index in [9.17, 15) is 24.9 Å². The molecule has 0 fully saturated rings. The Labute approximate surface area is 394 Å². The summed E-state index contributed by atoms with van der Waals surface area (Å²) in [5, 5.41) is 39.0. The summed E-state index contributed by atoms with van der Waals surface area (Å²) >= 11 is 5.47. The number of thiocarbonyl (C=S) groups is 1. The fourth-order valence-corrected chi connectivity index (χ4v) is 7.32. The van der Waals surface area contributed by atoms with Crippen LogP contribution in [0, 0.1) is 0 Å². The molecular weight excluding hydrogens is 891 g/mol. The summed E-state index contributed by atoms with van der Waals surface area (Å²) < 4.78 is 56.3. The minimum absolute atomic E-state index is 0.0155. The van der Waals surface area contributed by atoms with Crippen molar-refractivity contribution < 1.29 is 72.3 Å². The van der Waals surface area contributed by atoms with Crippen LogP contribution in [0.2, 0.25) is 0 Å². The summed E-state index contributed by atoms with van der Waals surface area (Å²) in [7, 11) is 0. The second-order valence-corrected chi connectivity index (χ2v) is 15.5. The molecule has 362 valence electrons. The number of esters is 1. The molecule has 2 heterocycles. The van der Waals surface area contributed by atoms with E-state index in [4.69, 9.17) is 59.6 Å². The number of carbonyl (C=O) groups excluding carboxylic acids is 2. The normalized spacial score (nSPS) is 13.0. The Bertz CT molecular complexity index is 2140. The predicted octanol–water partition coefficient (Wildman–Crippen LogP) is 4.54. The number of hydrogen-bond donors (Lipinski definition) is 6. The minimum atomic E-state index is -1.34. The zero-order chi connectivity index (χ0) is 47.1. The van der Waals surface area contributed by atoms with Gasteiger partial charge in [-0.25, -0.2) is 4.79 Å². The van der Waals surface area contributed by atoms with Crippen LogP contribution in [0.5, 0.6) is 28.7 Å². The van der Waals surface area contributed by atoms with Gasteiger partial charge < -0.3 is 78.6 Å². The van der Waals surface area contributed by atoms with Crippen molar-refractivity contribution in [2.45, 2.75) is 18.4 Å². The number of fused-ring (bicyclic) bond motifs is 6. The molecule has 0 aliphatic carbocycles.